The van der Waals surface area contributed by atoms with Crippen molar-refractivity contribution in [1.29, 1.82) is 0 Å². The molecule has 0 heterocycles. The SMILES string of the molecule is SCCCCCCCCCCOc1ccc2ccccc2c1. The van der Waals surface area contributed by atoms with Crippen molar-refractivity contribution in [1.82, 2.24) is 0 Å². The molecule has 0 saturated heterocycles. The number of hydrogen-bond acceptors (Lipinski definition) is 2. The van der Waals surface area contributed by atoms with Gasteiger partial charge in [0.1, 0.15) is 5.75 Å². The predicted molar refractivity (Wildman–Crippen MR) is 100 cm³/mol. The lowest BCUT2D eigenvalue weighted by molar-refractivity contribution is 0.304. The summed E-state index contributed by atoms with van der Waals surface area (Å²) in [6.07, 6.45) is 10.5. The largest absolute Gasteiger partial charge is 0.494 e. The first-order valence-electron chi connectivity index (χ1n) is 8.62. The minimum Gasteiger partial charge on any atom is -0.494 e. The Balaban J connectivity index is 1.54. The Bertz CT molecular complexity index is 538. The molecule has 0 aliphatic rings. The Morgan fingerprint density at radius 1 is 0.682 bits per heavy atom. The number of benzene rings is 2. The summed E-state index contributed by atoms with van der Waals surface area (Å²) in [5.41, 5.74) is 0. The van der Waals surface area contributed by atoms with E-state index >= 15 is 0 Å². The van der Waals surface area contributed by atoms with E-state index in [0.717, 1.165) is 24.5 Å². The van der Waals surface area contributed by atoms with Gasteiger partial charge in [-0.2, -0.15) is 12.6 Å². The second-order valence-electron chi connectivity index (χ2n) is 5.91. The molecule has 0 bridgehead atoms. The summed E-state index contributed by atoms with van der Waals surface area (Å²) in [4.78, 5) is 0. The molecule has 2 heteroatoms. The van der Waals surface area contributed by atoms with Crippen LogP contribution in [-0.2, 0) is 0 Å². The summed E-state index contributed by atoms with van der Waals surface area (Å²) in [5, 5.41) is 2.52. The van der Waals surface area contributed by atoms with Crippen LogP contribution in [0.15, 0.2) is 42.5 Å². The van der Waals surface area contributed by atoms with Gasteiger partial charge in [-0.25, -0.2) is 0 Å². The highest BCUT2D eigenvalue weighted by Crippen LogP contribution is 2.20. The molecular formula is C20H28OS. The Morgan fingerprint density at radius 3 is 2.05 bits per heavy atom. The maximum atomic E-state index is 5.87. The van der Waals surface area contributed by atoms with Crippen LogP contribution in [0.1, 0.15) is 51.4 Å². The molecular weight excluding hydrogens is 288 g/mol. The summed E-state index contributed by atoms with van der Waals surface area (Å²) >= 11 is 4.24. The van der Waals surface area contributed by atoms with Crippen molar-refractivity contribution in [3.8, 4) is 5.75 Å². The molecule has 0 atom stereocenters. The molecule has 0 fully saturated rings. The van der Waals surface area contributed by atoms with Gasteiger partial charge < -0.3 is 4.74 Å². The lowest BCUT2D eigenvalue weighted by Crippen LogP contribution is -1.97. The highest BCUT2D eigenvalue weighted by molar-refractivity contribution is 7.80. The molecule has 120 valence electrons. The van der Waals surface area contributed by atoms with Gasteiger partial charge in [-0.3, -0.25) is 0 Å². The van der Waals surface area contributed by atoms with Gasteiger partial charge in [0, 0.05) is 0 Å². The van der Waals surface area contributed by atoms with Gasteiger partial charge in [0.05, 0.1) is 6.61 Å². The highest BCUT2D eigenvalue weighted by Gasteiger charge is 1.97. The summed E-state index contributed by atoms with van der Waals surface area (Å²) in [5.74, 6) is 2.03. The van der Waals surface area contributed by atoms with Gasteiger partial charge in [0.25, 0.3) is 0 Å². The molecule has 0 aliphatic heterocycles. The van der Waals surface area contributed by atoms with E-state index in [1.807, 2.05) is 0 Å². The van der Waals surface area contributed by atoms with Crippen LogP contribution in [0, 0.1) is 0 Å². The maximum Gasteiger partial charge on any atom is 0.119 e. The fourth-order valence-corrected chi connectivity index (χ4v) is 2.95. The molecule has 1 nitrogen and oxygen atoms in total. The highest BCUT2D eigenvalue weighted by atomic mass is 32.1. The number of rotatable bonds is 11. The van der Waals surface area contributed by atoms with Crippen LogP contribution in [0.5, 0.6) is 5.75 Å². The summed E-state index contributed by atoms with van der Waals surface area (Å²) in [7, 11) is 0. The van der Waals surface area contributed by atoms with E-state index in [9.17, 15) is 0 Å². The van der Waals surface area contributed by atoms with E-state index in [1.54, 1.807) is 0 Å². The third-order valence-electron chi connectivity index (χ3n) is 4.04. The monoisotopic (exact) mass is 316 g/mol. The van der Waals surface area contributed by atoms with Gasteiger partial charge in [0.15, 0.2) is 0 Å². The zero-order chi connectivity index (χ0) is 15.5. The quantitative estimate of drug-likeness (QED) is 0.380. The Morgan fingerprint density at radius 2 is 1.32 bits per heavy atom. The molecule has 2 aromatic rings. The first kappa shape index (κ1) is 17.2. The summed E-state index contributed by atoms with van der Waals surface area (Å²) < 4.78 is 5.87. The van der Waals surface area contributed by atoms with Crippen LogP contribution in [-0.4, -0.2) is 12.4 Å². The first-order valence-corrected chi connectivity index (χ1v) is 9.26. The Labute approximate surface area is 140 Å². The predicted octanol–water partition coefficient (Wildman–Crippen LogP) is 6.27. The minimum absolute atomic E-state index is 0.831. The normalized spacial score (nSPS) is 11.0. The topological polar surface area (TPSA) is 9.23 Å². The molecule has 0 saturated carbocycles. The number of ether oxygens (including phenoxy) is 1. The molecule has 2 aromatic carbocycles. The molecule has 0 aliphatic carbocycles. The van der Waals surface area contributed by atoms with Gasteiger partial charge in [-0.05, 0) is 41.5 Å². The maximum absolute atomic E-state index is 5.87. The van der Waals surface area contributed by atoms with Crippen molar-refractivity contribution in [3.63, 3.8) is 0 Å². The first-order chi connectivity index (χ1) is 10.9. The number of unbranched alkanes of at least 4 members (excludes halogenated alkanes) is 7. The van der Waals surface area contributed by atoms with Crippen LogP contribution in [0.4, 0.5) is 0 Å². The molecule has 0 unspecified atom stereocenters. The Hall–Kier alpha value is -1.15. The van der Waals surface area contributed by atoms with Crippen LogP contribution < -0.4 is 4.74 Å². The molecule has 22 heavy (non-hydrogen) atoms. The number of thiol groups is 1. The third-order valence-corrected chi connectivity index (χ3v) is 4.36. The van der Waals surface area contributed by atoms with Gasteiger partial charge in [-0.15, -0.1) is 0 Å². The zero-order valence-electron chi connectivity index (χ0n) is 13.5. The minimum atomic E-state index is 0.831. The van der Waals surface area contributed by atoms with Crippen LogP contribution in [0.25, 0.3) is 10.8 Å². The summed E-state index contributed by atoms with van der Waals surface area (Å²) in [6.45, 7) is 0.831. The van der Waals surface area contributed by atoms with E-state index < -0.39 is 0 Å². The van der Waals surface area contributed by atoms with Crippen LogP contribution in [0.2, 0.25) is 0 Å². The Kier molecular flexibility index (Phi) is 8.26. The third kappa shape index (κ3) is 6.31. The molecule has 2 rings (SSSR count). The van der Waals surface area contributed by atoms with E-state index in [1.165, 1.54) is 55.7 Å². The van der Waals surface area contributed by atoms with Crippen LogP contribution >= 0.6 is 12.6 Å². The fraction of sp³-hybridized carbons (Fsp3) is 0.500. The lowest BCUT2D eigenvalue weighted by Gasteiger charge is -2.07. The number of hydrogen-bond donors (Lipinski definition) is 1. The van der Waals surface area contributed by atoms with Crippen molar-refractivity contribution in [2.75, 3.05) is 12.4 Å². The lowest BCUT2D eigenvalue weighted by atomic mass is 10.1. The van der Waals surface area contributed by atoms with E-state index in [2.05, 4.69) is 55.1 Å². The molecule has 0 N–H and O–H groups in total. The fourth-order valence-electron chi connectivity index (χ4n) is 2.72. The smallest absolute Gasteiger partial charge is 0.119 e. The van der Waals surface area contributed by atoms with E-state index in [0.29, 0.717) is 0 Å². The molecule has 0 radical (unpaired) electrons. The van der Waals surface area contributed by atoms with Gasteiger partial charge in [-0.1, -0.05) is 68.9 Å². The summed E-state index contributed by atoms with van der Waals surface area (Å²) in [6, 6.07) is 14.8. The van der Waals surface area contributed by atoms with Crippen molar-refractivity contribution < 1.29 is 4.74 Å². The van der Waals surface area contributed by atoms with Crippen molar-refractivity contribution in [2.45, 2.75) is 51.4 Å². The van der Waals surface area contributed by atoms with E-state index in [4.69, 9.17) is 4.74 Å². The van der Waals surface area contributed by atoms with Gasteiger partial charge >= 0.3 is 0 Å². The van der Waals surface area contributed by atoms with E-state index in [-0.39, 0.29) is 0 Å². The average Bonchev–Trinajstić information content (AvgIpc) is 2.56. The second-order valence-corrected chi connectivity index (χ2v) is 6.36. The standard InChI is InChI=1S/C20H28OS/c22-16-10-6-4-2-1-3-5-9-15-21-20-14-13-18-11-7-8-12-19(18)17-20/h7-8,11-14,17,22H,1-6,9-10,15-16H2. The van der Waals surface area contributed by atoms with Crippen molar-refractivity contribution in [3.05, 3.63) is 42.5 Å². The molecule has 0 aromatic heterocycles. The van der Waals surface area contributed by atoms with Gasteiger partial charge in [0.2, 0.25) is 0 Å². The molecule has 0 amide bonds. The van der Waals surface area contributed by atoms with Crippen LogP contribution in [0.3, 0.4) is 0 Å². The zero-order valence-corrected chi connectivity index (χ0v) is 14.4. The number of fused-ring (bicyclic) bond motifs is 1. The molecule has 0 spiro atoms. The van der Waals surface area contributed by atoms with Crippen molar-refractivity contribution in [2.24, 2.45) is 0 Å². The second kappa shape index (κ2) is 10.6. The van der Waals surface area contributed by atoms with Crippen molar-refractivity contribution >= 4 is 23.4 Å². The average molecular weight is 317 g/mol.